The number of ether oxygens (including phenoxy) is 1. The Morgan fingerprint density at radius 2 is 1.66 bits per heavy atom. The minimum atomic E-state index is -0.495. The zero-order valence-corrected chi connectivity index (χ0v) is 22.2. The van der Waals surface area contributed by atoms with Crippen LogP contribution in [0.25, 0.3) is 0 Å². The molecule has 9 heteroatoms. The quantitative estimate of drug-likeness (QED) is 0.520. The second kappa shape index (κ2) is 12.1. The Hall–Kier alpha value is -3.88. The van der Waals surface area contributed by atoms with Gasteiger partial charge >= 0.3 is 6.03 Å². The first kappa shape index (κ1) is 27.2. The summed E-state index contributed by atoms with van der Waals surface area (Å²) in [6.07, 6.45) is 3.41. The molecule has 0 aromatic heterocycles. The third-order valence-corrected chi connectivity index (χ3v) is 7.06. The highest BCUT2D eigenvalue weighted by Crippen LogP contribution is 2.36. The van der Waals surface area contributed by atoms with Gasteiger partial charge in [0.2, 0.25) is 17.7 Å². The minimum absolute atomic E-state index is 0.0735. The third kappa shape index (κ3) is 6.33. The molecule has 2 aromatic carbocycles. The number of urea groups is 1. The van der Waals surface area contributed by atoms with Crippen molar-refractivity contribution < 1.29 is 23.9 Å². The van der Waals surface area contributed by atoms with Crippen LogP contribution in [0.15, 0.2) is 48.5 Å². The normalized spacial score (nSPS) is 19.3. The summed E-state index contributed by atoms with van der Waals surface area (Å²) < 4.78 is 5.16. The van der Waals surface area contributed by atoms with Gasteiger partial charge in [0, 0.05) is 18.3 Å². The maximum atomic E-state index is 13.6. The molecule has 2 aromatic rings. The van der Waals surface area contributed by atoms with Crippen LogP contribution >= 0.6 is 0 Å². The second-order valence-electron chi connectivity index (χ2n) is 10.4. The van der Waals surface area contributed by atoms with Crippen LogP contribution in [0.2, 0.25) is 0 Å². The van der Waals surface area contributed by atoms with Gasteiger partial charge in [-0.05, 0) is 60.7 Å². The van der Waals surface area contributed by atoms with E-state index in [4.69, 9.17) is 4.74 Å². The average molecular weight is 521 g/mol. The summed E-state index contributed by atoms with van der Waals surface area (Å²) in [6, 6.07) is 13.1. The lowest BCUT2D eigenvalue weighted by Gasteiger charge is -2.46. The number of hydrogen-bond acceptors (Lipinski definition) is 5. The number of nitrogens with zero attached hydrogens (tertiary/aromatic N) is 2. The van der Waals surface area contributed by atoms with E-state index in [0.717, 1.165) is 18.4 Å². The molecule has 4 rings (SSSR count). The van der Waals surface area contributed by atoms with Crippen LogP contribution in [-0.4, -0.2) is 54.9 Å². The van der Waals surface area contributed by atoms with Gasteiger partial charge in [-0.2, -0.15) is 0 Å². The monoisotopic (exact) mass is 520 g/mol. The molecule has 0 spiro atoms. The molecule has 2 aliphatic rings. The van der Waals surface area contributed by atoms with Gasteiger partial charge in [0.15, 0.2) is 0 Å². The zero-order valence-electron chi connectivity index (χ0n) is 22.2. The van der Waals surface area contributed by atoms with Crippen LogP contribution in [0, 0.1) is 11.8 Å². The molecule has 2 unspecified atom stereocenters. The summed E-state index contributed by atoms with van der Waals surface area (Å²) in [6.45, 7) is 4.53. The largest absolute Gasteiger partial charge is 0.497 e. The molecule has 1 saturated heterocycles. The van der Waals surface area contributed by atoms with E-state index in [1.165, 1.54) is 9.80 Å². The van der Waals surface area contributed by atoms with Gasteiger partial charge in [0.05, 0.1) is 25.1 Å². The predicted molar refractivity (Wildman–Crippen MR) is 145 cm³/mol. The zero-order chi connectivity index (χ0) is 27.2. The Morgan fingerprint density at radius 1 is 0.974 bits per heavy atom. The molecule has 2 fully saturated rings. The number of hydrogen-bond donors (Lipinski definition) is 2. The Balaban J connectivity index is 1.49. The van der Waals surface area contributed by atoms with E-state index in [-0.39, 0.29) is 42.6 Å². The first-order valence-electron chi connectivity index (χ1n) is 13.2. The van der Waals surface area contributed by atoms with Crippen molar-refractivity contribution in [2.24, 2.45) is 11.8 Å². The summed E-state index contributed by atoms with van der Waals surface area (Å²) in [7, 11) is 1.57. The number of carbonyl (C=O) groups excluding carboxylic acids is 4. The molecule has 5 amide bonds. The Bertz CT molecular complexity index is 1160. The summed E-state index contributed by atoms with van der Waals surface area (Å²) >= 11 is 0. The van der Waals surface area contributed by atoms with Crippen molar-refractivity contribution in [3.05, 3.63) is 54.1 Å². The molecular weight excluding hydrogens is 484 g/mol. The number of nitrogens with one attached hydrogen (secondary N) is 2. The summed E-state index contributed by atoms with van der Waals surface area (Å²) in [5.41, 5.74) is 1.83. The Labute approximate surface area is 223 Å². The lowest BCUT2D eigenvalue weighted by molar-refractivity contribution is -0.128. The van der Waals surface area contributed by atoms with Crippen LogP contribution in [-0.2, 0) is 20.8 Å². The fourth-order valence-electron chi connectivity index (χ4n) is 5.08. The van der Waals surface area contributed by atoms with Crippen molar-refractivity contribution in [1.82, 2.24) is 10.2 Å². The van der Waals surface area contributed by atoms with Crippen molar-refractivity contribution in [2.75, 3.05) is 30.4 Å². The molecular formula is C29H36N4O5. The van der Waals surface area contributed by atoms with Crippen LogP contribution in [0.1, 0.15) is 45.1 Å². The first-order chi connectivity index (χ1) is 18.3. The second-order valence-corrected chi connectivity index (χ2v) is 10.4. The SMILES string of the molecule is COc1ccc(NC(=O)CN2C(=O)N(c3ccc(CC(=O)NCC(C)C)cc3)C(=O)C3CCCCC32)cc1. The number of fused-ring (bicyclic) bond motifs is 1. The van der Waals surface area contributed by atoms with Gasteiger partial charge < -0.3 is 20.3 Å². The molecule has 1 heterocycles. The van der Waals surface area contributed by atoms with E-state index in [9.17, 15) is 19.2 Å². The fourth-order valence-corrected chi connectivity index (χ4v) is 5.08. The fraction of sp³-hybridized carbons (Fsp3) is 0.448. The van der Waals surface area contributed by atoms with Gasteiger partial charge in [-0.25, -0.2) is 9.69 Å². The van der Waals surface area contributed by atoms with E-state index >= 15 is 0 Å². The average Bonchev–Trinajstić information content (AvgIpc) is 2.91. The highest BCUT2D eigenvalue weighted by molar-refractivity contribution is 6.17. The van der Waals surface area contributed by atoms with Crippen LogP contribution in [0.4, 0.5) is 16.2 Å². The molecule has 2 N–H and O–H groups in total. The molecule has 9 nitrogen and oxygen atoms in total. The summed E-state index contributed by atoms with van der Waals surface area (Å²) in [5, 5.41) is 5.73. The van der Waals surface area contributed by atoms with E-state index < -0.39 is 6.03 Å². The van der Waals surface area contributed by atoms with Crippen LogP contribution < -0.4 is 20.3 Å². The lowest BCUT2D eigenvalue weighted by atomic mass is 9.81. The van der Waals surface area contributed by atoms with E-state index in [1.54, 1.807) is 55.6 Å². The summed E-state index contributed by atoms with van der Waals surface area (Å²) in [5.74, 6) is 0.0594. The molecule has 2 atom stereocenters. The molecule has 0 bridgehead atoms. The standard InChI is InChI=1S/C29H36N4O5/c1-19(2)17-30-26(34)16-20-8-12-22(13-9-20)33-28(36)24-6-4-5-7-25(24)32(29(33)37)18-27(35)31-21-10-14-23(38-3)15-11-21/h8-15,19,24-25H,4-7,16-18H2,1-3H3,(H,30,34)(H,31,35). The van der Waals surface area contributed by atoms with Gasteiger partial charge in [-0.15, -0.1) is 0 Å². The van der Waals surface area contributed by atoms with Crippen LogP contribution in [0.5, 0.6) is 5.75 Å². The number of methoxy groups -OCH3 is 1. The maximum absolute atomic E-state index is 13.6. The highest BCUT2D eigenvalue weighted by atomic mass is 16.5. The van der Waals surface area contributed by atoms with Gasteiger partial charge in [-0.1, -0.05) is 38.8 Å². The lowest BCUT2D eigenvalue weighted by Crippen LogP contribution is -2.64. The smallest absolute Gasteiger partial charge is 0.332 e. The van der Waals surface area contributed by atoms with Crippen molar-refractivity contribution in [1.29, 1.82) is 0 Å². The first-order valence-corrected chi connectivity index (χ1v) is 13.2. The van der Waals surface area contributed by atoms with Crippen molar-refractivity contribution in [3.8, 4) is 5.75 Å². The molecule has 1 saturated carbocycles. The maximum Gasteiger partial charge on any atom is 0.332 e. The highest BCUT2D eigenvalue weighted by Gasteiger charge is 2.48. The predicted octanol–water partition coefficient (Wildman–Crippen LogP) is 3.98. The Kier molecular flexibility index (Phi) is 8.66. The topological polar surface area (TPSA) is 108 Å². The van der Waals surface area contributed by atoms with Gasteiger partial charge in [-0.3, -0.25) is 14.4 Å². The van der Waals surface area contributed by atoms with Gasteiger partial charge in [0.25, 0.3) is 0 Å². The molecule has 202 valence electrons. The number of benzene rings is 2. The third-order valence-electron chi connectivity index (χ3n) is 7.06. The van der Waals surface area contributed by atoms with Gasteiger partial charge in [0.1, 0.15) is 12.3 Å². The van der Waals surface area contributed by atoms with Crippen molar-refractivity contribution in [3.63, 3.8) is 0 Å². The summed E-state index contributed by atoms with van der Waals surface area (Å²) in [4.78, 5) is 55.0. The molecule has 38 heavy (non-hydrogen) atoms. The Morgan fingerprint density at radius 3 is 2.32 bits per heavy atom. The van der Waals surface area contributed by atoms with E-state index in [2.05, 4.69) is 10.6 Å². The van der Waals surface area contributed by atoms with E-state index in [0.29, 0.717) is 42.4 Å². The molecule has 1 aliphatic carbocycles. The number of carbonyl (C=O) groups is 4. The number of imide groups is 1. The number of rotatable bonds is 9. The minimum Gasteiger partial charge on any atom is -0.497 e. The molecule has 0 radical (unpaired) electrons. The molecule has 1 aliphatic heterocycles. The van der Waals surface area contributed by atoms with E-state index in [1.807, 2.05) is 13.8 Å². The number of amides is 5. The number of anilines is 2. The van der Waals surface area contributed by atoms with Crippen molar-refractivity contribution >= 4 is 35.1 Å². The van der Waals surface area contributed by atoms with Crippen molar-refractivity contribution in [2.45, 2.75) is 52.0 Å². The van der Waals surface area contributed by atoms with Crippen LogP contribution in [0.3, 0.4) is 0 Å².